The second kappa shape index (κ2) is 7.60. The molecule has 2 aromatic heterocycles. The van der Waals surface area contributed by atoms with Crippen molar-refractivity contribution in [1.82, 2.24) is 14.5 Å². The molecule has 11 heteroatoms. The SMILES string of the molecule is O=c1ccc(-c2ccco2)nn1CCNS(=O)(=O)c1ccccc1C(F)(F)F. The van der Waals surface area contributed by atoms with Crippen molar-refractivity contribution < 1.29 is 26.0 Å². The van der Waals surface area contributed by atoms with Crippen molar-refractivity contribution in [2.75, 3.05) is 6.54 Å². The van der Waals surface area contributed by atoms with Crippen molar-refractivity contribution in [3.05, 3.63) is 70.7 Å². The second-order valence-corrected chi connectivity index (χ2v) is 7.38. The van der Waals surface area contributed by atoms with E-state index in [0.29, 0.717) is 17.5 Å². The largest absolute Gasteiger partial charge is 0.463 e. The van der Waals surface area contributed by atoms with E-state index in [-0.39, 0.29) is 13.1 Å². The minimum atomic E-state index is -4.82. The van der Waals surface area contributed by atoms with E-state index in [9.17, 15) is 26.4 Å². The number of nitrogens with one attached hydrogen (secondary N) is 1. The van der Waals surface area contributed by atoms with Gasteiger partial charge in [0.05, 0.1) is 23.3 Å². The minimum Gasteiger partial charge on any atom is -0.463 e. The molecular weight excluding hydrogens is 399 g/mol. The van der Waals surface area contributed by atoms with Crippen molar-refractivity contribution >= 4 is 10.0 Å². The fourth-order valence-corrected chi connectivity index (χ4v) is 3.71. The monoisotopic (exact) mass is 413 g/mol. The summed E-state index contributed by atoms with van der Waals surface area (Å²) >= 11 is 0. The molecule has 1 N–H and O–H groups in total. The molecule has 0 atom stereocenters. The molecule has 0 amide bonds. The molecule has 1 aromatic carbocycles. The van der Waals surface area contributed by atoms with Gasteiger partial charge in [-0.05, 0) is 30.3 Å². The molecule has 28 heavy (non-hydrogen) atoms. The molecular formula is C17H14F3N3O4S. The zero-order valence-electron chi connectivity index (χ0n) is 14.2. The number of rotatable bonds is 6. The van der Waals surface area contributed by atoms with Crippen LogP contribution in [-0.4, -0.2) is 24.7 Å². The highest BCUT2D eigenvalue weighted by Crippen LogP contribution is 2.33. The topological polar surface area (TPSA) is 94.2 Å². The van der Waals surface area contributed by atoms with Crippen LogP contribution in [0.2, 0.25) is 0 Å². The van der Waals surface area contributed by atoms with Crippen LogP contribution < -0.4 is 10.3 Å². The summed E-state index contributed by atoms with van der Waals surface area (Å²) in [4.78, 5) is 11.0. The summed E-state index contributed by atoms with van der Waals surface area (Å²) in [5.74, 6) is 0.411. The fraction of sp³-hybridized carbons (Fsp3) is 0.176. The molecule has 3 rings (SSSR count). The first-order valence-corrected chi connectivity index (χ1v) is 9.45. The smallest absolute Gasteiger partial charge is 0.417 e. The maximum Gasteiger partial charge on any atom is 0.417 e. The van der Waals surface area contributed by atoms with E-state index in [4.69, 9.17) is 4.42 Å². The van der Waals surface area contributed by atoms with Crippen LogP contribution in [0.25, 0.3) is 11.5 Å². The highest BCUT2D eigenvalue weighted by Gasteiger charge is 2.36. The first kappa shape index (κ1) is 19.8. The molecule has 0 aliphatic heterocycles. The predicted octanol–water partition coefficient (Wildman–Crippen LogP) is 2.50. The molecule has 148 valence electrons. The maximum absolute atomic E-state index is 13.0. The Hall–Kier alpha value is -2.92. The van der Waals surface area contributed by atoms with Crippen LogP contribution in [-0.2, 0) is 22.7 Å². The van der Waals surface area contributed by atoms with Crippen molar-refractivity contribution in [2.24, 2.45) is 0 Å². The summed E-state index contributed by atoms with van der Waals surface area (Å²) in [5.41, 5.74) is -1.40. The molecule has 0 unspecified atom stereocenters. The van der Waals surface area contributed by atoms with Gasteiger partial charge in [-0.1, -0.05) is 12.1 Å². The van der Waals surface area contributed by atoms with Gasteiger partial charge in [0.15, 0.2) is 5.76 Å². The van der Waals surface area contributed by atoms with E-state index >= 15 is 0 Å². The number of hydrogen-bond acceptors (Lipinski definition) is 5. The van der Waals surface area contributed by atoms with Crippen molar-refractivity contribution in [3.63, 3.8) is 0 Å². The fourth-order valence-electron chi connectivity index (χ4n) is 2.46. The van der Waals surface area contributed by atoms with Gasteiger partial charge in [0.2, 0.25) is 10.0 Å². The molecule has 0 spiro atoms. The van der Waals surface area contributed by atoms with Crippen molar-refractivity contribution in [3.8, 4) is 11.5 Å². The molecule has 3 aromatic rings. The Kier molecular flexibility index (Phi) is 5.38. The molecule has 0 aliphatic carbocycles. The lowest BCUT2D eigenvalue weighted by atomic mass is 10.2. The molecule has 0 radical (unpaired) electrons. The van der Waals surface area contributed by atoms with Gasteiger partial charge in [0.25, 0.3) is 5.56 Å². The standard InChI is InChI=1S/C17H14F3N3O4S/c18-17(19,20)12-4-1-2-6-15(12)28(25,26)21-9-10-23-16(24)8-7-13(22-23)14-5-3-11-27-14/h1-8,11,21H,9-10H2. The van der Waals surface area contributed by atoms with Crippen LogP contribution in [0.15, 0.2) is 68.9 Å². The lowest BCUT2D eigenvalue weighted by Crippen LogP contribution is -2.32. The Labute approximate surface area is 157 Å². The summed E-state index contributed by atoms with van der Waals surface area (Å²) in [5, 5.41) is 4.06. The Morgan fingerprint density at radius 1 is 1.07 bits per heavy atom. The van der Waals surface area contributed by atoms with E-state index < -0.39 is 32.2 Å². The predicted molar refractivity (Wildman–Crippen MR) is 92.8 cm³/mol. The van der Waals surface area contributed by atoms with Gasteiger partial charge in [0, 0.05) is 12.6 Å². The van der Waals surface area contributed by atoms with Crippen molar-refractivity contribution in [1.29, 1.82) is 0 Å². The highest BCUT2D eigenvalue weighted by molar-refractivity contribution is 7.89. The van der Waals surface area contributed by atoms with Crippen LogP contribution in [0.5, 0.6) is 0 Å². The van der Waals surface area contributed by atoms with Gasteiger partial charge < -0.3 is 4.42 Å². The molecule has 2 heterocycles. The molecule has 0 saturated heterocycles. The molecule has 0 fully saturated rings. The van der Waals surface area contributed by atoms with Crippen molar-refractivity contribution in [2.45, 2.75) is 17.6 Å². The molecule has 0 saturated carbocycles. The third-order valence-electron chi connectivity index (χ3n) is 3.74. The van der Waals surface area contributed by atoms with E-state index in [1.165, 1.54) is 24.5 Å². The number of hydrogen-bond donors (Lipinski definition) is 1. The number of aromatic nitrogens is 2. The second-order valence-electron chi connectivity index (χ2n) is 5.65. The van der Waals surface area contributed by atoms with E-state index in [0.717, 1.165) is 16.8 Å². The summed E-state index contributed by atoms with van der Waals surface area (Å²) in [6, 6.07) is 9.81. The quantitative estimate of drug-likeness (QED) is 0.670. The summed E-state index contributed by atoms with van der Waals surface area (Å²) in [7, 11) is -4.44. The Morgan fingerprint density at radius 2 is 1.82 bits per heavy atom. The lowest BCUT2D eigenvalue weighted by molar-refractivity contribution is -0.139. The highest BCUT2D eigenvalue weighted by atomic mass is 32.2. The van der Waals surface area contributed by atoms with Gasteiger partial charge in [0.1, 0.15) is 5.69 Å². The van der Waals surface area contributed by atoms with E-state index in [2.05, 4.69) is 9.82 Å². The number of sulfonamides is 1. The third-order valence-corrected chi connectivity index (χ3v) is 5.26. The first-order valence-electron chi connectivity index (χ1n) is 7.96. The van der Waals surface area contributed by atoms with Gasteiger partial charge in [-0.25, -0.2) is 17.8 Å². The number of furan rings is 1. The van der Waals surface area contributed by atoms with Crippen LogP contribution >= 0.6 is 0 Å². The number of halogens is 3. The van der Waals surface area contributed by atoms with Crippen LogP contribution in [0.3, 0.4) is 0 Å². The Morgan fingerprint density at radius 3 is 2.50 bits per heavy atom. The third kappa shape index (κ3) is 4.31. The average Bonchev–Trinajstić information content (AvgIpc) is 3.17. The van der Waals surface area contributed by atoms with Crippen LogP contribution in [0.4, 0.5) is 13.2 Å². The maximum atomic E-state index is 13.0. The minimum absolute atomic E-state index is 0.180. The molecule has 0 bridgehead atoms. The summed E-state index contributed by atoms with van der Waals surface area (Å²) in [6.45, 7) is -0.510. The summed E-state index contributed by atoms with van der Waals surface area (Å²) < 4.78 is 72.0. The first-order chi connectivity index (χ1) is 13.2. The zero-order valence-corrected chi connectivity index (χ0v) is 15.0. The number of nitrogens with zero attached hydrogens (tertiary/aromatic N) is 2. The summed E-state index contributed by atoms with van der Waals surface area (Å²) in [6.07, 6.45) is -3.39. The van der Waals surface area contributed by atoms with Gasteiger partial charge in [-0.3, -0.25) is 4.79 Å². The zero-order chi connectivity index (χ0) is 20.4. The van der Waals surface area contributed by atoms with Crippen LogP contribution in [0, 0.1) is 0 Å². The van der Waals surface area contributed by atoms with Gasteiger partial charge >= 0.3 is 6.18 Å². The number of alkyl halides is 3. The Bertz CT molecular complexity index is 1120. The van der Waals surface area contributed by atoms with E-state index in [1.807, 2.05) is 0 Å². The molecule has 0 aliphatic rings. The normalized spacial score (nSPS) is 12.2. The van der Waals surface area contributed by atoms with Gasteiger partial charge in [-0.15, -0.1) is 0 Å². The lowest BCUT2D eigenvalue weighted by Gasteiger charge is -2.14. The number of benzene rings is 1. The molecule has 7 nitrogen and oxygen atoms in total. The van der Waals surface area contributed by atoms with E-state index in [1.54, 1.807) is 12.1 Å². The van der Waals surface area contributed by atoms with Gasteiger partial charge in [-0.2, -0.15) is 18.3 Å². The van der Waals surface area contributed by atoms with Crippen LogP contribution in [0.1, 0.15) is 5.56 Å². The Balaban J connectivity index is 1.77. The average molecular weight is 413 g/mol.